The third-order valence-corrected chi connectivity index (χ3v) is 10.8. The predicted octanol–water partition coefficient (Wildman–Crippen LogP) is 4.21. The molecule has 0 aromatic heterocycles. The van der Waals surface area contributed by atoms with E-state index in [-0.39, 0.29) is 52.2 Å². The number of hydrogen-bond donors (Lipinski definition) is 1. The minimum Gasteiger partial charge on any atom is -0.497 e. The Kier molecular flexibility index (Phi) is 8.55. The molecule has 16 heteroatoms. The van der Waals surface area contributed by atoms with Gasteiger partial charge in [-0.25, -0.2) is 12.7 Å². The Balaban J connectivity index is 1.65. The number of carbonyl (C=O) groups excluding carboxylic acids is 2. The number of alkyl halides is 3. The maximum absolute atomic E-state index is 15.3. The van der Waals surface area contributed by atoms with Crippen molar-refractivity contribution >= 4 is 39.1 Å². The van der Waals surface area contributed by atoms with Crippen LogP contribution in [-0.2, 0) is 25.2 Å². The molecule has 3 atom stereocenters. The van der Waals surface area contributed by atoms with Crippen LogP contribution in [0.5, 0.6) is 17.2 Å². The van der Waals surface area contributed by atoms with Crippen molar-refractivity contribution < 1.29 is 50.5 Å². The van der Waals surface area contributed by atoms with Crippen molar-refractivity contribution in [3.05, 3.63) is 76.3 Å². The standard InChI is InChI=1S/C32H31ClF3N3O8S/c1-18-5-9-26(46-3)23(13-18)31(38-17-20(40)15-25(38)29(41)37-11-4-12-37)22-14-19(33)6-8-24(22)39(30(31)42)48(43,44)28-10-7-21(45-2)16-27(28)47-32(34,35)36/h5-10,13-14,16,20,25,40H,4,11-12,15,17H2,1-3H3/t20-,25+,31?/m1/s1. The maximum Gasteiger partial charge on any atom is 0.573 e. The van der Waals surface area contributed by atoms with E-state index >= 15 is 4.79 Å². The van der Waals surface area contributed by atoms with Gasteiger partial charge >= 0.3 is 6.36 Å². The number of benzene rings is 3. The molecule has 1 N–H and O–H groups in total. The van der Waals surface area contributed by atoms with Gasteiger partial charge in [-0.3, -0.25) is 14.5 Å². The first-order chi connectivity index (χ1) is 22.6. The summed E-state index contributed by atoms with van der Waals surface area (Å²) in [4.78, 5) is 31.3. The summed E-state index contributed by atoms with van der Waals surface area (Å²) in [6.07, 6.45) is -5.69. The lowest BCUT2D eigenvalue weighted by Gasteiger charge is -2.43. The number of nitrogens with zero attached hydrogens (tertiary/aromatic N) is 3. The molecule has 1 unspecified atom stereocenters. The quantitative estimate of drug-likeness (QED) is 0.366. The van der Waals surface area contributed by atoms with Crippen LogP contribution in [0.2, 0.25) is 5.02 Å². The van der Waals surface area contributed by atoms with Crippen molar-refractivity contribution in [3.8, 4) is 17.2 Å². The zero-order valence-corrected chi connectivity index (χ0v) is 27.5. The number of aryl methyl sites for hydroxylation is 1. The van der Waals surface area contributed by atoms with E-state index in [9.17, 15) is 31.5 Å². The Labute approximate surface area is 279 Å². The molecule has 0 aliphatic carbocycles. The molecule has 3 aliphatic rings. The zero-order chi connectivity index (χ0) is 34.8. The summed E-state index contributed by atoms with van der Waals surface area (Å²) < 4.78 is 85.2. The largest absolute Gasteiger partial charge is 0.573 e. The average Bonchev–Trinajstić information content (AvgIpc) is 3.50. The monoisotopic (exact) mass is 709 g/mol. The second-order valence-corrected chi connectivity index (χ2v) is 13.9. The normalized spacial score (nSPS) is 22.8. The molecule has 0 bridgehead atoms. The molecule has 6 rings (SSSR count). The van der Waals surface area contributed by atoms with Gasteiger partial charge in [0.2, 0.25) is 5.91 Å². The topological polar surface area (TPSA) is 126 Å². The number of fused-ring (bicyclic) bond motifs is 1. The Morgan fingerprint density at radius 3 is 2.35 bits per heavy atom. The summed E-state index contributed by atoms with van der Waals surface area (Å²) >= 11 is 6.50. The molecule has 0 radical (unpaired) electrons. The van der Waals surface area contributed by atoms with Gasteiger partial charge in [-0.1, -0.05) is 23.2 Å². The van der Waals surface area contributed by atoms with Gasteiger partial charge in [0.15, 0.2) is 11.3 Å². The van der Waals surface area contributed by atoms with Crippen LogP contribution in [0, 0.1) is 6.92 Å². The number of β-amino-alcohol motifs (C(OH)–C–C–N with tert-alkyl or cyclic N) is 1. The van der Waals surface area contributed by atoms with E-state index in [0.717, 1.165) is 24.6 Å². The lowest BCUT2D eigenvalue weighted by Crippen LogP contribution is -2.60. The predicted molar refractivity (Wildman–Crippen MR) is 167 cm³/mol. The Morgan fingerprint density at radius 2 is 1.73 bits per heavy atom. The number of aliphatic hydroxyl groups excluding tert-OH is 1. The molecule has 3 aromatic rings. The highest BCUT2D eigenvalue weighted by Crippen LogP contribution is 2.55. The van der Waals surface area contributed by atoms with Crippen LogP contribution in [0.1, 0.15) is 29.5 Å². The average molecular weight is 710 g/mol. The number of rotatable bonds is 8. The van der Waals surface area contributed by atoms with Crippen molar-refractivity contribution in [2.45, 2.75) is 48.7 Å². The smallest absolute Gasteiger partial charge is 0.497 e. The fourth-order valence-corrected chi connectivity index (χ4v) is 8.41. The highest BCUT2D eigenvalue weighted by molar-refractivity contribution is 7.93. The van der Waals surface area contributed by atoms with Gasteiger partial charge in [-0.2, -0.15) is 0 Å². The van der Waals surface area contributed by atoms with Crippen molar-refractivity contribution in [2.24, 2.45) is 0 Å². The molecule has 256 valence electrons. The highest BCUT2D eigenvalue weighted by atomic mass is 35.5. The van der Waals surface area contributed by atoms with Crippen LogP contribution in [0.25, 0.3) is 0 Å². The molecule has 3 heterocycles. The molecule has 0 saturated carbocycles. The number of likely N-dealkylation sites (tertiary alicyclic amines) is 2. The van der Waals surface area contributed by atoms with Gasteiger partial charge in [-0.05, 0) is 62.2 Å². The van der Waals surface area contributed by atoms with Gasteiger partial charge in [0, 0.05) is 41.9 Å². The number of amides is 2. The summed E-state index contributed by atoms with van der Waals surface area (Å²) in [5.41, 5.74) is -1.57. The van der Waals surface area contributed by atoms with Crippen LogP contribution in [-0.4, -0.2) is 87.5 Å². The number of hydrogen-bond acceptors (Lipinski definition) is 9. The first-order valence-electron chi connectivity index (χ1n) is 14.9. The first-order valence-corrected chi connectivity index (χ1v) is 16.7. The highest BCUT2D eigenvalue weighted by Gasteiger charge is 2.64. The van der Waals surface area contributed by atoms with Crippen LogP contribution >= 0.6 is 11.6 Å². The van der Waals surface area contributed by atoms with Gasteiger partial charge in [-0.15, -0.1) is 13.2 Å². The number of ether oxygens (including phenoxy) is 3. The number of carbonyl (C=O) groups is 2. The van der Waals surface area contributed by atoms with Gasteiger partial charge in [0.05, 0.1) is 32.1 Å². The molecular formula is C32H31ClF3N3O8S. The molecular weight excluding hydrogens is 679 g/mol. The minimum atomic E-state index is -5.30. The van der Waals surface area contributed by atoms with E-state index < -0.39 is 50.6 Å². The van der Waals surface area contributed by atoms with E-state index in [4.69, 9.17) is 21.1 Å². The summed E-state index contributed by atoms with van der Waals surface area (Å²) in [6, 6.07) is 10.5. The second kappa shape index (κ2) is 12.1. The third-order valence-electron chi connectivity index (χ3n) is 8.86. The SMILES string of the molecule is COc1ccc(S(=O)(=O)N2C(=O)C(c3cc(C)ccc3OC)(N3C[C@H](O)C[C@H]3C(=O)N3CCC3)c3cc(Cl)ccc32)c(OC(F)(F)F)c1. The van der Waals surface area contributed by atoms with Crippen LogP contribution in [0.15, 0.2) is 59.5 Å². The van der Waals surface area contributed by atoms with E-state index in [1.807, 2.05) is 0 Å². The summed E-state index contributed by atoms with van der Waals surface area (Å²) in [7, 11) is -2.67. The number of halogens is 4. The van der Waals surface area contributed by atoms with Crippen molar-refractivity contribution in [3.63, 3.8) is 0 Å². The summed E-state index contributed by atoms with van der Waals surface area (Å²) in [5, 5.41) is 11.1. The van der Waals surface area contributed by atoms with E-state index in [1.54, 1.807) is 30.0 Å². The van der Waals surface area contributed by atoms with E-state index in [2.05, 4.69) is 4.74 Å². The fraction of sp³-hybridized carbons (Fsp3) is 0.375. The number of sulfonamides is 1. The molecule has 2 fully saturated rings. The Morgan fingerprint density at radius 1 is 1.00 bits per heavy atom. The lowest BCUT2D eigenvalue weighted by atomic mass is 9.80. The number of anilines is 1. The van der Waals surface area contributed by atoms with Crippen LogP contribution in [0.3, 0.4) is 0 Å². The van der Waals surface area contributed by atoms with Gasteiger partial charge < -0.3 is 24.2 Å². The zero-order valence-electron chi connectivity index (χ0n) is 26.0. The minimum absolute atomic E-state index is 0.0229. The Hall–Kier alpha value is -4.05. The van der Waals surface area contributed by atoms with Crippen molar-refractivity contribution in [1.29, 1.82) is 0 Å². The Bertz CT molecular complexity index is 1910. The first kappa shape index (κ1) is 33.8. The summed E-state index contributed by atoms with van der Waals surface area (Å²) in [5.74, 6) is -2.62. The van der Waals surface area contributed by atoms with E-state index in [1.165, 1.54) is 37.3 Å². The van der Waals surface area contributed by atoms with Crippen LogP contribution in [0.4, 0.5) is 18.9 Å². The maximum atomic E-state index is 15.3. The summed E-state index contributed by atoms with van der Waals surface area (Å²) in [6.45, 7) is 2.44. The third kappa shape index (κ3) is 5.42. The second-order valence-electron chi connectivity index (χ2n) is 11.7. The molecule has 3 aromatic carbocycles. The molecule has 2 amide bonds. The molecule has 0 spiro atoms. The fourth-order valence-electron chi connectivity index (χ4n) is 6.68. The molecule has 2 saturated heterocycles. The number of methoxy groups -OCH3 is 2. The molecule has 11 nitrogen and oxygen atoms in total. The molecule has 48 heavy (non-hydrogen) atoms. The molecule has 3 aliphatic heterocycles. The van der Waals surface area contributed by atoms with Gasteiger partial charge in [0.1, 0.15) is 16.4 Å². The van der Waals surface area contributed by atoms with E-state index in [0.29, 0.717) is 23.0 Å². The van der Waals surface area contributed by atoms with Gasteiger partial charge in [0.25, 0.3) is 15.9 Å². The van der Waals surface area contributed by atoms with Crippen molar-refractivity contribution in [1.82, 2.24) is 9.80 Å². The number of aliphatic hydroxyl groups is 1. The van der Waals surface area contributed by atoms with Crippen molar-refractivity contribution in [2.75, 3.05) is 38.2 Å². The lowest BCUT2D eigenvalue weighted by molar-refractivity contribution is -0.275. The van der Waals surface area contributed by atoms with Crippen LogP contribution < -0.4 is 18.5 Å².